The highest BCUT2D eigenvalue weighted by atomic mass is 19.1. The zero-order chi connectivity index (χ0) is 16.4. The van der Waals surface area contributed by atoms with Crippen LogP contribution >= 0.6 is 0 Å². The molecule has 1 saturated heterocycles. The maximum Gasteiger partial charge on any atom is 0.274 e. The van der Waals surface area contributed by atoms with Gasteiger partial charge in [0.1, 0.15) is 17.3 Å². The van der Waals surface area contributed by atoms with Gasteiger partial charge in [0.25, 0.3) is 5.91 Å². The molecule has 1 aliphatic heterocycles. The Bertz CT molecular complexity index is 775. The van der Waals surface area contributed by atoms with Crippen molar-refractivity contribution in [3.8, 4) is 0 Å². The van der Waals surface area contributed by atoms with E-state index in [1.54, 1.807) is 32.0 Å². The van der Waals surface area contributed by atoms with Crippen LogP contribution in [0.3, 0.4) is 0 Å². The third kappa shape index (κ3) is 3.60. The summed E-state index contributed by atoms with van der Waals surface area (Å²) in [6, 6.07) is 6.26. The van der Waals surface area contributed by atoms with E-state index in [-0.39, 0.29) is 17.4 Å². The van der Waals surface area contributed by atoms with Crippen LogP contribution < -0.4 is 10.6 Å². The van der Waals surface area contributed by atoms with Crippen LogP contribution in [0.2, 0.25) is 0 Å². The highest BCUT2D eigenvalue weighted by molar-refractivity contribution is 6.02. The van der Waals surface area contributed by atoms with E-state index in [0.717, 1.165) is 18.7 Å². The van der Waals surface area contributed by atoms with Crippen molar-refractivity contribution < 1.29 is 9.18 Å². The lowest BCUT2D eigenvalue weighted by Crippen LogP contribution is -2.33. The fourth-order valence-corrected chi connectivity index (χ4v) is 2.34. The van der Waals surface area contributed by atoms with Crippen molar-refractivity contribution in [2.75, 3.05) is 18.4 Å². The summed E-state index contributed by atoms with van der Waals surface area (Å²) < 4.78 is 14.1. The number of amides is 1. The molecule has 0 bridgehead atoms. The normalized spacial score (nSPS) is 13.4. The van der Waals surface area contributed by atoms with Gasteiger partial charge in [0.15, 0.2) is 0 Å². The zero-order valence-corrected chi connectivity index (χ0v) is 13.0. The molecular formula is C17H17FN4O. The van der Waals surface area contributed by atoms with Crippen LogP contribution in [0.25, 0.3) is 6.08 Å². The first-order chi connectivity index (χ1) is 11.0. The fraction of sp³-hybridized carbons (Fsp3) is 0.235. The van der Waals surface area contributed by atoms with E-state index in [9.17, 15) is 9.18 Å². The van der Waals surface area contributed by atoms with Crippen molar-refractivity contribution >= 4 is 17.7 Å². The number of hydrogen-bond donors (Lipinski definition) is 2. The number of rotatable bonds is 3. The third-order valence-corrected chi connectivity index (χ3v) is 3.52. The Balaban J connectivity index is 1.77. The number of aryl methyl sites for hydroxylation is 2. The topological polar surface area (TPSA) is 66.9 Å². The molecule has 2 aromatic rings. The van der Waals surface area contributed by atoms with Gasteiger partial charge in [-0.05, 0) is 43.7 Å². The maximum atomic E-state index is 14.1. The van der Waals surface area contributed by atoms with Gasteiger partial charge in [0.2, 0.25) is 0 Å². The van der Waals surface area contributed by atoms with Crippen molar-refractivity contribution in [3.63, 3.8) is 0 Å². The lowest BCUT2D eigenvalue weighted by molar-refractivity contribution is 0.102. The Morgan fingerprint density at radius 2 is 2.04 bits per heavy atom. The molecule has 0 atom stereocenters. The van der Waals surface area contributed by atoms with Crippen LogP contribution in [0.15, 0.2) is 29.8 Å². The summed E-state index contributed by atoms with van der Waals surface area (Å²) in [6.45, 7) is 5.11. The van der Waals surface area contributed by atoms with E-state index in [2.05, 4.69) is 20.6 Å². The van der Waals surface area contributed by atoms with E-state index in [4.69, 9.17) is 0 Å². The minimum atomic E-state index is -0.382. The first kappa shape index (κ1) is 15.3. The van der Waals surface area contributed by atoms with Gasteiger partial charge >= 0.3 is 0 Å². The van der Waals surface area contributed by atoms with E-state index in [1.807, 2.05) is 6.08 Å². The van der Waals surface area contributed by atoms with Crippen LogP contribution in [0.5, 0.6) is 0 Å². The molecule has 2 N–H and O–H groups in total. The Hall–Kier alpha value is -2.60. The van der Waals surface area contributed by atoms with Gasteiger partial charge in [-0.3, -0.25) is 4.79 Å². The van der Waals surface area contributed by atoms with Gasteiger partial charge in [0.05, 0.1) is 0 Å². The molecule has 23 heavy (non-hydrogen) atoms. The highest BCUT2D eigenvalue weighted by Gasteiger charge is 2.12. The second-order valence-electron chi connectivity index (χ2n) is 5.54. The molecule has 1 amide bonds. The average molecular weight is 312 g/mol. The summed E-state index contributed by atoms with van der Waals surface area (Å²) in [5.74, 6) is -0.220. The Morgan fingerprint density at radius 3 is 2.65 bits per heavy atom. The summed E-state index contributed by atoms with van der Waals surface area (Å²) in [5, 5.41) is 5.77. The van der Waals surface area contributed by atoms with Gasteiger partial charge in [0, 0.05) is 30.0 Å². The van der Waals surface area contributed by atoms with Crippen LogP contribution in [0.1, 0.15) is 27.6 Å². The smallest absolute Gasteiger partial charge is 0.274 e. The van der Waals surface area contributed by atoms with Crippen LogP contribution in [-0.2, 0) is 0 Å². The number of carbonyl (C=O) groups excluding carboxylic acids is 1. The zero-order valence-electron chi connectivity index (χ0n) is 13.0. The quantitative estimate of drug-likeness (QED) is 0.914. The van der Waals surface area contributed by atoms with Gasteiger partial charge in [-0.25, -0.2) is 14.4 Å². The molecule has 0 saturated carbocycles. The molecule has 0 radical (unpaired) electrons. The van der Waals surface area contributed by atoms with Crippen LogP contribution in [0, 0.1) is 19.7 Å². The van der Waals surface area contributed by atoms with Crippen molar-refractivity contribution in [1.82, 2.24) is 15.3 Å². The molecule has 2 heterocycles. The number of aromatic nitrogens is 2. The summed E-state index contributed by atoms with van der Waals surface area (Å²) >= 11 is 0. The van der Waals surface area contributed by atoms with Crippen LogP contribution in [-0.4, -0.2) is 29.0 Å². The van der Waals surface area contributed by atoms with E-state index >= 15 is 0 Å². The van der Waals surface area contributed by atoms with Crippen molar-refractivity contribution in [1.29, 1.82) is 0 Å². The number of nitrogens with zero attached hydrogens (tertiary/aromatic N) is 2. The first-order valence-corrected chi connectivity index (χ1v) is 7.34. The van der Waals surface area contributed by atoms with Crippen LogP contribution in [0.4, 0.5) is 10.1 Å². The number of hydrogen-bond acceptors (Lipinski definition) is 4. The van der Waals surface area contributed by atoms with E-state index in [0.29, 0.717) is 22.8 Å². The molecular weight excluding hydrogens is 295 g/mol. The number of benzene rings is 1. The summed E-state index contributed by atoms with van der Waals surface area (Å²) in [6.07, 6.45) is 1.83. The molecule has 1 fully saturated rings. The molecule has 1 aromatic heterocycles. The van der Waals surface area contributed by atoms with Gasteiger partial charge in [-0.15, -0.1) is 0 Å². The molecule has 0 unspecified atom stereocenters. The molecule has 6 heteroatoms. The highest BCUT2D eigenvalue weighted by Crippen LogP contribution is 2.19. The molecule has 1 aliphatic rings. The standard InChI is InChI=1S/C17H17FN4O/c1-10-5-16(21-11(2)20-10)17(23)22-14-4-3-13(15(18)7-14)6-12-8-19-9-12/h3-7,19H,8-9H2,1-2H3,(H,22,23). The maximum absolute atomic E-state index is 14.1. The number of halogens is 1. The fourth-order valence-electron chi connectivity index (χ4n) is 2.34. The monoisotopic (exact) mass is 312 g/mol. The van der Waals surface area contributed by atoms with Gasteiger partial charge in [-0.1, -0.05) is 6.08 Å². The van der Waals surface area contributed by atoms with Crippen molar-refractivity contribution in [2.24, 2.45) is 0 Å². The minimum absolute atomic E-state index is 0.266. The minimum Gasteiger partial charge on any atom is -0.321 e. The molecule has 5 nitrogen and oxygen atoms in total. The Labute approximate surface area is 133 Å². The largest absolute Gasteiger partial charge is 0.321 e. The lowest BCUT2D eigenvalue weighted by Gasteiger charge is -2.18. The summed E-state index contributed by atoms with van der Waals surface area (Å²) in [4.78, 5) is 20.4. The second-order valence-corrected chi connectivity index (χ2v) is 5.54. The van der Waals surface area contributed by atoms with Crippen molar-refractivity contribution in [2.45, 2.75) is 13.8 Å². The number of anilines is 1. The predicted molar refractivity (Wildman–Crippen MR) is 86.7 cm³/mol. The Kier molecular flexibility index (Phi) is 4.16. The van der Waals surface area contributed by atoms with Crippen molar-refractivity contribution in [3.05, 3.63) is 58.4 Å². The summed E-state index contributed by atoms with van der Waals surface area (Å²) in [7, 11) is 0. The Morgan fingerprint density at radius 1 is 1.26 bits per heavy atom. The molecule has 0 spiro atoms. The molecule has 118 valence electrons. The SMILES string of the molecule is Cc1cc(C(=O)Nc2ccc(C=C3CNC3)c(F)c2)nc(C)n1. The lowest BCUT2D eigenvalue weighted by atomic mass is 10.1. The first-order valence-electron chi connectivity index (χ1n) is 7.34. The third-order valence-electron chi connectivity index (χ3n) is 3.52. The van der Waals surface area contributed by atoms with Gasteiger partial charge < -0.3 is 10.6 Å². The molecule has 1 aromatic carbocycles. The van der Waals surface area contributed by atoms with Gasteiger partial charge in [-0.2, -0.15) is 0 Å². The number of carbonyl (C=O) groups is 1. The second kappa shape index (κ2) is 6.26. The average Bonchev–Trinajstić information content (AvgIpc) is 2.43. The molecule has 3 rings (SSSR count). The number of nitrogens with one attached hydrogen (secondary N) is 2. The predicted octanol–water partition coefficient (Wildman–Crippen LogP) is 2.47. The molecule has 0 aliphatic carbocycles. The van der Waals surface area contributed by atoms with E-state index in [1.165, 1.54) is 6.07 Å². The summed E-state index contributed by atoms with van der Waals surface area (Å²) in [5.41, 5.74) is 3.06. The van der Waals surface area contributed by atoms with E-state index < -0.39 is 0 Å².